The molecule has 1 amide bonds. The highest BCUT2D eigenvalue weighted by Gasteiger charge is 2.27. The lowest BCUT2D eigenvalue weighted by Crippen LogP contribution is -2.49. The van der Waals surface area contributed by atoms with Gasteiger partial charge in [-0.1, -0.05) is 19.1 Å². The Balaban J connectivity index is 1.65. The van der Waals surface area contributed by atoms with E-state index in [0.29, 0.717) is 12.0 Å². The maximum absolute atomic E-state index is 11.5. The molecule has 3 rings (SSSR count). The Morgan fingerprint density at radius 2 is 2.18 bits per heavy atom. The summed E-state index contributed by atoms with van der Waals surface area (Å²) >= 11 is 0. The minimum Gasteiger partial charge on any atom is -0.343 e. The molecule has 5 nitrogen and oxygen atoms in total. The Labute approximate surface area is 131 Å². The molecular formula is C17H24N4O. The van der Waals surface area contributed by atoms with Crippen LogP contribution in [0.15, 0.2) is 24.3 Å². The number of nitrogens with one attached hydrogen (secondary N) is 1. The molecule has 1 N–H and O–H groups in total. The number of para-hydroxylation sites is 2. The first-order valence-electron chi connectivity index (χ1n) is 7.95. The molecule has 0 bridgehead atoms. The molecule has 2 atom stereocenters. The van der Waals surface area contributed by atoms with Crippen molar-refractivity contribution < 1.29 is 4.79 Å². The number of likely N-dealkylation sites (tertiary alicyclic amines) is 1. The molecule has 1 aliphatic heterocycles. The monoisotopic (exact) mass is 300 g/mol. The SMILES string of the molecule is CC(=O)N1CC[C@@H](NCc2nc3ccccc3n2C)[C@@H](C)C1. The van der Waals surface area contributed by atoms with E-state index >= 15 is 0 Å². The van der Waals surface area contributed by atoms with Gasteiger partial charge in [-0.25, -0.2) is 4.98 Å². The second kappa shape index (κ2) is 6.08. The maximum Gasteiger partial charge on any atom is 0.219 e. The van der Waals surface area contributed by atoms with E-state index in [1.165, 1.54) is 5.52 Å². The molecule has 1 aliphatic rings. The van der Waals surface area contributed by atoms with Gasteiger partial charge in [0.25, 0.3) is 0 Å². The third kappa shape index (κ3) is 2.86. The summed E-state index contributed by atoms with van der Waals surface area (Å²) in [5.41, 5.74) is 2.21. The van der Waals surface area contributed by atoms with Gasteiger partial charge in [-0.2, -0.15) is 0 Å². The van der Waals surface area contributed by atoms with Crippen molar-refractivity contribution in [1.82, 2.24) is 19.8 Å². The predicted molar refractivity (Wildman–Crippen MR) is 87.4 cm³/mol. The number of hydrogen-bond donors (Lipinski definition) is 1. The molecule has 1 aromatic carbocycles. The van der Waals surface area contributed by atoms with Crippen LogP contribution in [0.4, 0.5) is 0 Å². The zero-order chi connectivity index (χ0) is 15.7. The molecule has 2 heterocycles. The first kappa shape index (κ1) is 15.0. The number of amides is 1. The first-order chi connectivity index (χ1) is 10.6. The molecule has 0 spiro atoms. The van der Waals surface area contributed by atoms with Crippen LogP contribution in [0.3, 0.4) is 0 Å². The van der Waals surface area contributed by atoms with Crippen molar-refractivity contribution in [2.45, 2.75) is 32.9 Å². The largest absolute Gasteiger partial charge is 0.343 e. The van der Waals surface area contributed by atoms with Crippen LogP contribution in [0.1, 0.15) is 26.1 Å². The number of aryl methyl sites for hydroxylation is 1. The third-order valence-electron chi connectivity index (χ3n) is 4.75. The molecule has 0 unspecified atom stereocenters. The van der Waals surface area contributed by atoms with Gasteiger partial charge in [-0.05, 0) is 24.5 Å². The molecular weight excluding hydrogens is 276 g/mol. The summed E-state index contributed by atoms with van der Waals surface area (Å²) in [6.07, 6.45) is 1.00. The van der Waals surface area contributed by atoms with Gasteiger partial charge in [0.05, 0.1) is 17.6 Å². The fourth-order valence-electron chi connectivity index (χ4n) is 3.31. The lowest BCUT2D eigenvalue weighted by Gasteiger charge is -2.37. The summed E-state index contributed by atoms with van der Waals surface area (Å²) in [6, 6.07) is 8.65. The second-order valence-corrected chi connectivity index (χ2v) is 6.29. The van der Waals surface area contributed by atoms with Gasteiger partial charge in [0.15, 0.2) is 0 Å². The van der Waals surface area contributed by atoms with Crippen LogP contribution in [-0.4, -0.2) is 39.5 Å². The Morgan fingerprint density at radius 1 is 1.41 bits per heavy atom. The van der Waals surface area contributed by atoms with Crippen molar-refractivity contribution >= 4 is 16.9 Å². The Hall–Kier alpha value is -1.88. The van der Waals surface area contributed by atoms with Gasteiger partial charge in [0, 0.05) is 33.1 Å². The molecule has 1 aromatic heterocycles. The van der Waals surface area contributed by atoms with Crippen LogP contribution in [0.2, 0.25) is 0 Å². The summed E-state index contributed by atoms with van der Waals surface area (Å²) in [4.78, 5) is 18.1. The minimum atomic E-state index is 0.181. The molecule has 118 valence electrons. The zero-order valence-corrected chi connectivity index (χ0v) is 13.5. The highest BCUT2D eigenvalue weighted by atomic mass is 16.2. The number of fused-ring (bicyclic) bond motifs is 1. The number of aromatic nitrogens is 2. The number of benzene rings is 1. The lowest BCUT2D eigenvalue weighted by molar-refractivity contribution is -0.130. The van der Waals surface area contributed by atoms with E-state index in [0.717, 1.165) is 37.4 Å². The smallest absolute Gasteiger partial charge is 0.219 e. The van der Waals surface area contributed by atoms with E-state index in [2.05, 4.69) is 29.9 Å². The summed E-state index contributed by atoms with van der Waals surface area (Å²) in [7, 11) is 2.06. The maximum atomic E-state index is 11.5. The number of piperidine rings is 1. The van der Waals surface area contributed by atoms with Crippen LogP contribution in [0.25, 0.3) is 11.0 Å². The summed E-state index contributed by atoms with van der Waals surface area (Å²) in [6.45, 7) is 6.32. The van der Waals surface area contributed by atoms with Crippen molar-refractivity contribution in [1.29, 1.82) is 0 Å². The van der Waals surface area contributed by atoms with Gasteiger partial charge in [-0.3, -0.25) is 4.79 Å². The topological polar surface area (TPSA) is 50.2 Å². The lowest BCUT2D eigenvalue weighted by atomic mass is 9.94. The number of hydrogen-bond acceptors (Lipinski definition) is 3. The van der Waals surface area contributed by atoms with Crippen molar-refractivity contribution in [2.75, 3.05) is 13.1 Å². The van der Waals surface area contributed by atoms with Gasteiger partial charge < -0.3 is 14.8 Å². The number of imidazole rings is 1. The summed E-state index contributed by atoms with van der Waals surface area (Å²) < 4.78 is 2.15. The molecule has 5 heteroatoms. The fraction of sp³-hybridized carbons (Fsp3) is 0.529. The zero-order valence-electron chi connectivity index (χ0n) is 13.5. The van der Waals surface area contributed by atoms with Gasteiger partial charge in [-0.15, -0.1) is 0 Å². The van der Waals surface area contributed by atoms with E-state index in [4.69, 9.17) is 4.98 Å². The van der Waals surface area contributed by atoms with Crippen molar-refractivity contribution in [3.05, 3.63) is 30.1 Å². The average molecular weight is 300 g/mol. The molecule has 1 fully saturated rings. The standard InChI is InChI=1S/C17H24N4O/c1-12-11-21(13(2)22)9-8-14(12)18-10-17-19-15-6-4-5-7-16(15)20(17)3/h4-7,12,14,18H,8-11H2,1-3H3/t12-,14+/m0/s1. The minimum absolute atomic E-state index is 0.181. The van der Waals surface area contributed by atoms with Crippen LogP contribution >= 0.6 is 0 Å². The number of carbonyl (C=O) groups excluding carboxylic acids is 1. The summed E-state index contributed by atoms with van der Waals surface area (Å²) in [5.74, 6) is 1.70. The van der Waals surface area contributed by atoms with Gasteiger partial charge in [0.1, 0.15) is 5.82 Å². The predicted octanol–water partition coefficient (Wildman–Crippen LogP) is 1.92. The number of carbonyl (C=O) groups is 1. The normalized spacial score (nSPS) is 22.2. The van der Waals surface area contributed by atoms with Gasteiger partial charge in [0.2, 0.25) is 5.91 Å². The molecule has 2 aromatic rings. The van der Waals surface area contributed by atoms with Crippen LogP contribution in [0, 0.1) is 5.92 Å². The van der Waals surface area contributed by atoms with Gasteiger partial charge >= 0.3 is 0 Å². The van der Waals surface area contributed by atoms with Crippen LogP contribution < -0.4 is 5.32 Å². The van der Waals surface area contributed by atoms with E-state index in [9.17, 15) is 4.79 Å². The number of nitrogens with zero attached hydrogens (tertiary/aromatic N) is 3. The van der Waals surface area contributed by atoms with E-state index in [-0.39, 0.29) is 5.91 Å². The second-order valence-electron chi connectivity index (χ2n) is 6.29. The Bertz CT molecular complexity index is 678. The molecule has 22 heavy (non-hydrogen) atoms. The average Bonchev–Trinajstić information content (AvgIpc) is 2.83. The highest BCUT2D eigenvalue weighted by Crippen LogP contribution is 2.18. The highest BCUT2D eigenvalue weighted by molar-refractivity contribution is 5.75. The van der Waals surface area contributed by atoms with E-state index in [1.807, 2.05) is 23.1 Å². The van der Waals surface area contributed by atoms with Crippen molar-refractivity contribution in [3.8, 4) is 0 Å². The molecule has 0 saturated carbocycles. The third-order valence-corrected chi connectivity index (χ3v) is 4.75. The fourth-order valence-corrected chi connectivity index (χ4v) is 3.31. The van der Waals surface area contributed by atoms with Crippen LogP contribution in [-0.2, 0) is 18.4 Å². The van der Waals surface area contributed by atoms with E-state index < -0.39 is 0 Å². The van der Waals surface area contributed by atoms with Crippen LogP contribution in [0.5, 0.6) is 0 Å². The molecule has 1 saturated heterocycles. The number of rotatable bonds is 3. The van der Waals surface area contributed by atoms with Crippen molar-refractivity contribution in [3.63, 3.8) is 0 Å². The molecule has 0 aliphatic carbocycles. The summed E-state index contributed by atoms with van der Waals surface area (Å²) in [5, 5.41) is 3.63. The Kier molecular flexibility index (Phi) is 4.16. The molecule has 0 radical (unpaired) electrons. The van der Waals surface area contributed by atoms with E-state index in [1.54, 1.807) is 6.92 Å². The quantitative estimate of drug-likeness (QED) is 0.942. The first-order valence-corrected chi connectivity index (χ1v) is 7.95. The Morgan fingerprint density at radius 3 is 2.86 bits per heavy atom. The van der Waals surface area contributed by atoms with Crippen molar-refractivity contribution in [2.24, 2.45) is 13.0 Å².